The van der Waals surface area contributed by atoms with Crippen LogP contribution in [-0.4, -0.2) is 11.6 Å². The van der Waals surface area contributed by atoms with Gasteiger partial charge in [-0.2, -0.15) is 0 Å². The predicted octanol–water partition coefficient (Wildman–Crippen LogP) is 5.00. The van der Waals surface area contributed by atoms with Gasteiger partial charge >= 0.3 is 0 Å². The summed E-state index contributed by atoms with van der Waals surface area (Å²) < 4.78 is 0. The maximum Gasteiger partial charge on any atom is 0.193 e. The molecule has 0 saturated heterocycles. The summed E-state index contributed by atoms with van der Waals surface area (Å²) >= 11 is 0. The minimum absolute atomic E-state index is 0.0488. The van der Waals surface area contributed by atoms with Crippen LogP contribution >= 0.6 is 0 Å². The lowest BCUT2D eigenvalue weighted by Crippen LogP contribution is -2.03. The third-order valence-electron chi connectivity index (χ3n) is 4.46. The Labute approximate surface area is 175 Å². The summed E-state index contributed by atoms with van der Waals surface area (Å²) in [5.74, 6) is 0.0264. The fourth-order valence-electron chi connectivity index (χ4n) is 2.82. The number of hydrogen-bond acceptors (Lipinski definition) is 4. The fraction of sp³-hybridized carbons (Fsp3) is 0. The number of nitrogen functional groups attached to an aromatic ring is 2. The van der Waals surface area contributed by atoms with E-state index in [-0.39, 0.29) is 11.6 Å². The van der Waals surface area contributed by atoms with Crippen molar-refractivity contribution in [1.29, 1.82) is 0 Å². The van der Waals surface area contributed by atoms with Crippen LogP contribution in [0, 0.1) is 0 Å². The van der Waals surface area contributed by atoms with Gasteiger partial charge in [-0.1, -0.05) is 91.0 Å². The first-order valence-electron chi connectivity index (χ1n) is 9.46. The van der Waals surface area contributed by atoms with Crippen LogP contribution < -0.4 is 11.5 Å². The molecule has 4 rings (SSSR count). The van der Waals surface area contributed by atoms with Gasteiger partial charge in [0, 0.05) is 22.3 Å². The van der Waals surface area contributed by atoms with Gasteiger partial charge in [0.15, 0.2) is 11.6 Å². The summed E-state index contributed by atoms with van der Waals surface area (Å²) in [5.41, 5.74) is 14.8. The van der Waals surface area contributed by atoms with Crippen LogP contribution in [0.25, 0.3) is 0 Å². The van der Waals surface area contributed by atoms with Gasteiger partial charge in [-0.25, -0.2) is 0 Å². The molecule has 148 valence electrons. The van der Waals surface area contributed by atoms with E-state index in [0.29, 0.717) is 22.5 Å². The van der Waals surface area contributed by atoms with Crippen LogP contribution in [0.2, 0.25) is 0 Å². The number of benzene rings is 4. The normalized spacial score (nSPS) is 9.87. The molecule has 0 heterocycles. The van der Waals surface area contributed by atoms with Crippen LogP contribution in [0.4, 0.5) is 11.4 Å². The molecule has 0 aromatic heterocycles. The monoisotopic (exact) mass is 394 g/mol. The molecule has 4 nitrogen and oxygen atoms in total. The molecule has 4 N–H and O–H groups in total. The van der Waals surface area contributed by atoms with Crippen molar-refractivity contribution < 1.29 is 9.59 Å². The molecule has 0 bridgehead atoms. The number of ketones is 2. The fourth-order valence-corrected chi connectivity index (χ4v) is 2.82. The zero-order valence-electron chi connectivity index (χ0n) is 16.4. The van der Waals surface area contributed by atoms with Crippen molar-refractivity contribution in [2.45, 2.75) is 0 Å². The second-order valence-corrected chi connectivity index (χ2v) is 6.60. The number of anilines is 2. The second kappa shape index (κ2) is 9.85. The number of carbonyl (C=O) groups is 2. The maximum absolute atomic E-state index is 12.0. The van der Waals surface area contributed by atoms with Gasteiger partial charge in [0.05, 0.1) is 11.4 Å². The molecule has 4 aromatic rings. The molecule has 0 atom stereocenters. The Morgan fingerprint density at radius 2 is 0.800 bits per heavy atom. The van der Waals surface area contributed by atoms with Gasteiger partial charge < -0.3 is 11.5 Å². The van der Waals surface area contributed by atoms with Crippen molar-refractivity contribution >= 4 is 22.9 Å². The molecule has 30 heavy (non-hydrogen) atoms. The number of nitrogens with two attached hydrogens (primary N) is 2. The highest BCUT2D eigenvalue weighted by Crippen LogP contribution is 2.18. The first kappa shape index (κ1) is 20.6. The molecule has 0 amide bonds. The quantitative estimate of drug-likeness (QED) is 0.377. The zero-order chi connectivity index (χ0) is 21.3. The first-order chi connectivity index (χ1) is 14.6. The predicted molar refractivity (Wildman–Crippen MR) is 121 cm³/mol. The Balaban J connectivity index is 0.000000172. The standard InChI is InChI=1S/C13H12N2O.C13H10O/c14-11-7-6-10(8-12(11)15)13(16)9-4-2-1-3-5-9;14-13(11-7-3-1-4-8-11)12-9-5-2-6-10-12/h1-8H,14-15H2;1-10H. The van der Waals surface area contributed by atoms with Gasteiger partial charge in [0.2, 0.25) is 0 Å². The minimum Gasteiger partial charge on any atom is -0.397 e. The molecule has 0 spiro atoms. The summed E-state index contributed by atoms with van der Waals surface area (Å²) in [5, 5.41) is 0. The van der Waals surface area contributed by atoms with Gasteiger partial charge in [0.25, 0.3) is 0 Å². The van der Waals surface area contributed by atoms with Crippen LogP contribution in [-0.2, 0) is 0 Å². The van der Waals surface area contributed by atoms with Gasteiger partial charge in [-0.3, -0.25) is 9.59 Å². The summed E-state index contributed by atoms with van der Waals surface area (Å²) in [7, 11) is 0. The molecule has 0 fully saturated rings. The van der Waals surface area contributed by atoms with E-state index in [9.17, 15) is 9.59 Å². The molecule has 4 heteroatoms. The van der Waals surface area contributed by atoms with E-state index in [1.165, 1.54) is 0 Å². The Bertz CT molecular complexity index is 1080. The Hall–Kier alpha value is -4.18. The molecule has 0 unspecified atom stereocenters. The van der Waals surface area contributed by atoms with Gasteiger partial charge in [0.1, 0.15) is 0 Å². The van der Waals surface area contributed by atoms with Crippen molar-refractivity contribution in [3.8, 4) is 0 Å². The molecule has 0 aliphatic rings. The summed E-state index contributed by atoms with van der Waals surface area (Å²) in [6, 6.07) is 32.6. The molecular formula is C26H22N2O2. The van der Waals surface area contributed by atoms with E-state index in [4.69, 9.17) is 11.5 Å². The molecular weight excluding hydrogens is 372 g/mol. The lowest BCUT2D eigenvalue weighted by molar-refractivity contribution is 0.103. The highest BCUT2D eigenvalue weighted by Gasteiger charge is 2.09. The molecule has 0 aliphatic carbocycles. The summed E-state index contributed by atoms with van der Waals surface area (Å²) in [4.78, 5) is 23.9. The smallest absolute Gasteiger partial charge is 0.193 e. The van der Waals surface area contributed by atoms with E-state index in [1.54, 1.807) is 30.3 Å². The van der Waals surface area contributed by atoms with Crippen molar-refractivity contribution in [3.63, 3.8) is 0 Å². The Morgan fingerprint density at radius 3 is 1.17 bits per heavy atom. The van der Waals surface area contributed by atoms with E-state index in [0.717, 1.165) is 11.1 Å². The third kappa shape index (κ3) is 5.20. The molecule has 0 radical (unpaired) electrons. The average Bonchev–Trinajstić information content (AvgIpc) is 2.82. The van der Waals surface area contributed by atoms with Gasteiger partial charge in [-0.15, -0.1) is 0 Å². The average molecular weight is 394 g/mol. The van der Waals surface area contributed by atoms with Crippen LogP contribution in [0.15, 0.2) is 109 Å². The van der Waals surface area contributed by atoms with E-state index >= 15 is 0 Å². The SMILES string of the molecule is Nc1ccc(C(=O)c2ccccc2)cc1N.O=C(c1ccccc1)c1ccccc1. The molecule has 4 aromatic carbocycles. The third-order valence-corrected chi connectivity index (χ3v) is 4.46. The number of carbonyl (C=O) groups excluding carboxylic acids is 2. The van der Waals surface area contributed by atoms with E-state index in [1.807, 2.05) is 78.9 Å². The minimum atomic E-state index is -0.0488. The maximum atomic E-state index is 12.0. The highest BCUT2D eigenvalue weighted by molar-refractivity contribution is 6.10. The van der Waals surface area contributed by atoms with E-state index < -0.39 is 0 Å². The lowest BCUT2D eigenvalue weighted by Gasteiger charge is -2.04. The van der Waals surface area contributed by atoms with Crippen molar-refractivity contribution in [1.82, 2.24) is 0 Å². The van der Waals surface area contributed by atoms with Crippen LogP contribution in [0.1, 0.15) is 31.8 Å². The van der Waals surface area contributed by atoms with E-state index in [2.05, 4.69) is 0 Å². The Kier molecular flexibility index (Phi) is 6.74. The zero-order valence-corrected chi connectivity index (χ0v) is 16.4. The van der Waals surface area contributed by atoms with Crippen LogP contribution in [0.5, 0.6) is 0 Å². The highest BCUT2D eigenvalue weighted by atomic mass is 16.1. The molecule has 0 aliphatic heterocycles. The van der Waals surface area contributed by atoms with Crippen LogP contribution in [0.3, 0.4) is 0 Å². The summed E-state index contributed by atoms with van der Waals surface area (Å²) in [6.07, 6.45) is 0. The largest absolute Gasteiger partial charge is 0.397 e. The van der Waals surface area contributed by atoms with Crippen molar-refractivity contribution in [3.05, 3.63) is 131 Å². The lowest BCUT2D eigenvalue weighted by atomic mass is 10.0. The topological polar surface area (TPSA) is 86.2 Å². The van der Waals surface area contributed by atoms with Crippen molar-refractivity contribution in [2.24, 2.45) is 0 Å². The summed E-state index contributed by atoms with van der Waals surface area (Å²) in [6.45, 7) is 0. The Morgan fingerprint density at radius 1 is 0.433 bits per heavy atom. The van der Waals surface area contributed by atoms with Crippen molar-refractivity contribution in [2.75, 3.05) is 11.5 Å². The van der Waals surface area contributed by atoms with Gasteiger partial charge in [-0.05, 0) is 18.2 Å². The molecule has 0 saturated carbocycles. The number of hydrogen-bond donors (Lipinski definition) is 2. The number of rotatable bonds is 4. The second-order valence-electron chi connectivity index (χ2n) is 6.60. The first-order valence-corrected chi connectivity index (χ1v) is 9.46.